The average molecular weight is 290 g/mol. The molecular weight excluding hydrogens is 264 g/mol. The van der Waals surface area contributed by atoms with Gasteiger partial charge in [-0.3, -0.25) is 4.79 Å². The Morgan fingerprint density at radius 2 is 1.95 bits per heavy atom. The van der Waals surface area contributed by atoms with Crippen molar-refractivity contribution in [3.05, 3.63) is 18.1 Å². The molecule has 21 heavy (non-hydrogen) atoms. The van der Waals surface area contributed by atoms with Crippen molar-refractivity contribution in [1.29, 1.82) is 0 Å². The van der Waals surface area contributed by atoms with Crippen LogP contribution in [-0.2, 0) is 4.79 Å². The van der Waals surface area contributed by atoms with Crippen LogP contribution < -0.4 is 5.32 Å². The second-order valence-corrected chi connectivity index (χ2v) is 6.26. The van der Waals surface area contributed by atoms with Crippen LogP contribution in [0.3, 0.4) is 0 Å². The van der Waals surface area contributed by atoms with E-state index in [2.05, 4.69) is 29.1 Å². The molecule has 1 amide bonds. The van der Waals surface area contributed by atoms with Crippen LogP contribution in [0.4, 0.5) is 5.82 Å². The molecule has 116 valence electrons. The van der Waals surface area contributed by atoms with Crippen molar-refractivity contribution in [3.8, 4) is 0 Å². The highest BCUT2D eigenvalue weighted by atomic mass is 16.2. The molecule has 2 rings (SSSR count). The molecule has 0 radical (unpaired) electrons. The third-order valence-electron chi connectivity index (χ3n) is 4.37. The lowest BCUT2D eigenvalue weighted by molar-refractivity contribution is -0.130. The van der Waals surface area contributed by atoms with E-state index >= 15 is 0 Å². The Hall–Kier alpha value is -1.65. The van der Waals surface area contributed by atoms with Gasteiger partial charge in [0.15, 0.2) is 0 Å². The molecule has 0 unspecified atom stereocenters. The van der Waals surface area contributed by atoms with Crippen LogP contribution in [0, 0.1) is 0 Å². The summed E-state index contributed by atoms with van der Waals surface area (Å²) < 4.78 is 0. The maximum atomic E-state index is 11.4. The van der Waals surface area contributed by atoms with Crippen molar-refractivity contribution in [2.75, 3.05) is 12.4 Å². The molecule has 0 saturated heterocycles. The molecule has 0 aromatic carbocycles. The fraction of sp³-hybridized carbons (Fsp3) is 0.688. The van der Waals surface area contributed by atoms with E-state index in [0.717, 1.165) is 37.2 Å². The van der Waals surface area contributed by atoms with Gasteiger partial charge in [-0.2, -0.15) is 0 Å². The summed E-state index contributed by atoms with van der Waals surface area (Å²) in [5.41, 5.74) is 1.07. The van der Waals surface area contributed by atoms with E-state index in [4.69, 9.17) is 0 Å². The Bertz CT molecular complexity index is 481. The van der Waals surface area contributed by atoms with Gasteiger partial charge in [0.2, 0.25) is 5.91 Å². The largest absolute Gasteiger partial charge is 0.367 e. The number of rotatable bonds is 4. The number of aromatic nitrogens is 2. The third kappa shape index (κ3) is 4.16. The first-order valence-electron chi connectivity index (χ1n) is 7.79. The summed E-state index contributed by atoms with van der Waals surface area (Å²) >= 11 is 0. The van der Waals surface area contributed by atoms with Gasteiger partial charge in [-0.25, -0.2) is 9.97 Å². The molecule has 1 saturated carbocycles. The van der Waals surface area contributed by atoms with E-state index in [0.29, 0.717) is 18.0 Å². The number of anilines is 1. The van der Waals surface area contributed by atoms with Crippen molar-refractivity contribution in [2.24, 2.45) is 0 Å². The highest BCUT2D eigenvalue weighted by Crippen LogP contribution is 2.25. The topological polar surface area (TPSA) is 58.1 Å². The van der Waals surface area contributed by atoms with Gasteiger partial charge in [-0.1, -0.05) is 13.8 Å². The summed E-state index contributed by atoms with van der Waals surface area (Å²) in [4.78, 5) is 21.9. The van der Waals surface area contributed by atoms with Gasteiger partial charge in [-0.05, 0) is 31.6 Å². The van der Waals surface area contributed by atoms with Crippen molar-refractivity contribution < 1.29 is 4.79 Å². The summed E-state index contributed by atoms with van der Waals surface area (Å²) in [6, 6.07) is 2.87. The van der Waals surface area contributed by atoms with Crippen molar-refractivity contribution >= 4 is 11.7 Å². The first-order valence-corrected chi connectivity index (χ1v) is 7.79. The highest BCUT2D eigenvalue weighted by molar-refractivity contribution is 5.73. The minimum Gasteiger partial charge on any atom is -0.367 e. The van der Waals surface area contributed by atoms with Crippen LogP contribution in [0.2, 0.25) is 0 Å². The van der Waals surface area contributed by atoms with Gasteiger partial charge >= 0.3 is 0 Å². The fourth-order valence-electron chi connectivity index (χ4n) is 2.84. The molecule has 1 aliphatic rings. The highest BCUT2D eigenvalue weighted by Gasteiger charge is 2.25. The Balaban J connectivity index is 1.89. The number of carbonyl (C=O) groups excluding carboxylic acids is 1. The number of hydrogen-bond acceptors (Lipinski definition) is 4. The zero-order valence-electron chi connectivity index (χ0n) is 13.5. The zero-order valence-corrected chi connectivity index (χ0v) is 13.5. The summed E-state index contributed by atoms with van der Waals surface area (Å²) in [7, 11) is 1.90. The lowest BCUT2D eigenvalue weighted by Gasteiger charge is -2.34. The Labute approximate surface area is 127 Å². The van der Waals surface area contributed by atoms with Gasteiger partial charge in [0.05, 0.1) is 0 Å². The Morgan fingerprint density at radius 3 is 2.52 bits per heavy atom. The van der Waals surface area contributed by atoms with Gasteiger partial charge in [0.25, 0.3) is 0 Å². The van der Waals surface area contributed by atoms with Gasteiger partial charge in [-0.15, -0.1) is 0 Å². The summed E-state index contributed by atoms with van der Waals surface area (Å²) in [5, 5.41) is 3.51. The standard InChI is InChI=1S/C16H26N4O/c1-11(2)15-9-16(18-10-17-15)19-13-5-7-14(8-6-13)20(4)12(3)21/h9-11,13-14H,5-8H2,1-4H3,(H,17,18,19)/t13-,14-. The van der Waals surface area contributed by atoms with Gasteiger partial charge < -0.3 is 10.2 Å². The maximum absolute atomic E-state index is 11.4. The van der Waals surface area contributed by atoms with Crippen LogP contribution in [-0.4, -0.2) is 39.9 Å². The maximum Gasteiger partial charge on any atom is 0.219 e. The van der Waals surface area contributed by atoms with Crippen LogP contribution in [0.5, 0.6) is 0 Å². The predicted molar refractivity (Wildman–Crippen MR) is 84.2 cm³/mol. The fourth-order valence-corrected chi connectivity index (χ4v) is 2.84. The molecule has 1 aromatic rings. The lowest BCUT2D eigenvalue weighted by Crippen LogP contribution is -2.40. The van der Waals surface area contributed by atoms with Gasteiger partial charge in [0.1, 0.15) is 12.1 Å². The lowest BCUT2D eigenvalue weighted by atomic mass is 9.90. The average Bonchev–Trinajstić information content (AvgIpc) is 2.47. The smallest absolute Gasteiger partial charge is 0.219 e. The third-order valence-corrected chi connectivity index (χ3v) is 4.37. The van der Waals surface area contributed by atoms with E-state index in [1.807, 2.05) is 18.0 Å². The van der Waals surface area contributed by atoms with E-state index in [-0.39, 0.29) is 5.91 Å². The first-order chi connectivity index (χ1) is 9.97. The second-order valence-electron chi connectivity index (χ2n) is 6.26. The van der Waals surface area contributed by atoms with Crippen molar-refractivity contribution in [3.63, 3.8) is 0 Å². The van der Waals surface area contributed by atoms with Crippen LogP contribution in [0.1, 0.15) is 58.1 Å². The number of nitrogens with one attached hydrogen (secondary N) is 1. The van der Waals surface area contributed by atoms with Crippen molar-refractivity contribution in [1.82, 2.24) is 14.9 Å². The number of nitrogens with zero attached hydrogens (tertiary/aromatic N) is 3. The van der Waals surface area contributed by atoms with E-state index in [1.54, 1.807) is 13.3 Å². The van der Waals surface area contributed by atoms with Crippen LogP contribution in [0.25, 0.3) is 0 Å². The number of carbonyl (C=O) groups is 1. The quantitative estimate of drug-likeness (QED) is 0.926. The molecule has 5 heteroatoms. The van der Waals surface area contributed by atoms with Gasteiger partial charge in [0, 0.05) is 37.8 Å². The normalized spacial score (nSPS) is 22.1. The minimum absolute atomic E-state index is 0.156. The number of hydrogen-bond donors (Lipinski definition) is 1. The SMILES string of the molecule is CC(=O)N(C)[C@H]1CC[C@H](Nc2cc(C(C)C)ncn2)CC1. The monoisotopic (exact) mass is 290 g/mol. The molecule has 1 aromatic heterocycles. The molecule has 0 atom stereocenters. The molecule has 1 N–H and O–H groups in total. The summed E-state index contributed by atoms with van der Waals surface area (Å²) in [6.45, 7) is 5.91. The zero-order chi connectivity index (χ0) is 15.4. The molecule has 0 spiro atoms. The molecule has 0 bridgehead atoms. The minimum atomic E-state index is 0.156. The van der Waals surface area contributed by atoms with Crippen LogP contribution >= 0.6 is 0 Å². The summed E-state index contributed by atoms with van der Waals surface area (Å²) in [5.74, 6) is 1.48. The Kier molecular flexibility index (Phi) is 5.15. The van der Waals surface area contributed by atoms with Crippen LogP contribution in [0.15, 0.2) is 12.4 Å². The molecular formula is C16H26N4O. The molecule has 5 nitrogen and oxygen atoms in total. The molecule has 1 aliphatic carbocycles. The summed E-state index contributed by atoms with van der Waals surface area (Å²) in [6.07, 6.45) is 5.88. The predicted octanol–water partition coefficient (Wildman–Crippen LogP) is 2.80. The van der Waals surface area contributed by atoms with Crippen molar-refractivity contribution in [2.45, 2.75) is 64.5 Å². The molecule has 1 heterocycles. The van der Waals surface area contributed by atoms with E-state index in [9.17, 15) is 4.79 Å². The Morgan fingerprint density at radius 1 is 1.29 bits per heavy atom. The molecule has 0 aliphatic heterocycles. The van der Waals surface area contributed by atoms with E-state index in [1.165, 1.54) is 0 Å². The number of amides is 1. The van der Waals surface area contributed by atoms with E-state index < -0.39 is 0 Å². The molecule has 1 fully saturated rings. The second kappa shape index (κ2) is 6.87. The first kappa shape index (κ1) is 15.7.